The van der Waals surface area contributed by atoms with Crippen LogP contribution in [-0.2, 0) is 0 Å². The van der Waals surface area contributed by atoms with Gasteiger partial charge in [0.05, 0.1) is 28.6 Å². The molecule has 2 heterocycles. The lowest BCUT2D eigenvalue weighted by molar-refractivity contribution is 0.387. The van der Waals surface area contributed by atoms with Crippen molar-refractivity contribution in [3.63, 3.8) is 0 Å². The normalized spacial score (nSPS) is 18.7. The van der Waals surface area contributed by atoms with Gasteiger partial charge in [0.2, 0.25) is 0 Å². The molecule has 27 heavy (non-hydrogen) atoms. The molecule has 0 saturated heterocycles. The van der Waals surface area contributed by atoms with E-state index in [4.69, 9.17) is 10.5 Å². The standard InChI is InChI=1S/C20H17FN4OS/c1-26-15-9-16-14(8-13(15)21)23-20(27-16)17-18(24-25-19(17)22)12-7-11(12)10-5-3-2-4-6-10/h2-6,8-9,11-12H,7H2,1H3,(H3,22,24,25). The van der Waals surface area contributed by atoms with E-state index >= 15 is 0 Å². The maximum Gasteiger partial charge on any atom is 0.167 e. The third-order valence-electron chi connectivity index (χ3n) is 5.07. The van der Waals surface area contributed by atoms with Gasteiger partial charge in [0, 0.05) is 18.1 Å². The van der Waals surface area contributed by atoms with Crippen LogP contribution in [0, 0.1) is 5.82 Å². The molecule has 2 aromatic carbocycles. The summed E-state index contributed by atoms with van der Waals surface area (Å²) in [5.74, 6) is 1.04. The largest absolute Gasteiger partial charge is 0.494 e. The molecule has 0 bridgehead atoms. The minimum Gasteiger partial charge on any atom is -0.494 e. The summed E-state index contributed by atoms with van der Waals surface area (Å²) >= 11 is 1.47. The number of fused-ring (bicyclic) bond motifs is 1. The van der Waals surface area contributed by atoms with Gasteiger partial charge >= 0.3 is 0 Å². The number of aromatic nitrogens is 3. The summed E-state index contributed by atoms with van der Waals surface area (Å²) in [6.07, 6.45) is 1.04. The Morgan fingerprint density at radius 2 is 2.04 bits per heavy atom. The number of H-pyrrole nitrogens is 1. The average Bonchev–Trinajstić information content (AvgIpc) is 3.23. The van der Waals surface area contributed by atoms with Crippen LogP contribution in [0.15, 0.2) is 42.5 Å². The van der Waals surface area contributed by atoms with Crippen LogP contribution in [0.1, 0.15) is 29.5 Å². The van der Waals surface area contributed by atoms with Crippen molar-refractivity contribution in [2.24, 2.45) is 0 Å². The molecule has 7 heteroatoms. The van der Waals surface area contributed by atoms with Gasteiger partial charge in [-0.3, -0.25) is 5.10 Å². The van der Waals surface area contributed by atoms with Crippen LogP contribution in [-0.4, -0.2) is 22.3 Å². The molecular formula is C20H17FN4OS. The maximum atomic E-state index is 14.0. The lowest BCUT2D eigenvalue weighted by Crippen LogP contribution is -1.91. The van der Waals surface area contributed by atoms with E-state index in [-0.39, 0.29) is 5.75 Å². The molecule has 5 nitrogen and oxygen atoms in total. The molecular weight excluding hydrogens is 363 g/mol. The Labute approximate surface area is 159 Å². The first-order chi connectivity index (χ1) is 13.2. The number of aromatic amines is 1. The molecule has 3 N–H and O–H groups in total. The fourth-order valence-electron chi connectivity index (χ4n) is 3.62. The number of nitrogens with one attached hydrogen (secondary N) is 1. The highest BCUT2D eigenvalue weighted by Gasteiger charge is 2.43. The van der Waals surface area contributed by atoms with Crippen LogP contribution in [0.2, 0.25) is 0 Å². The fraction of sp³-hybridized carbons (Fsp3) is 0.200. The van der Waals surface area contributed by atoms with Gasteiger partial charge in [-0.2, -0.15) is 5.10 Å². The van der Waals surface area contributed by atoms with Crippen LogP contribution in [0.5, 0.6) is 5.75 Å². The summed E-state index contributed by atoms with van der Waals surface area (Å²) < 4.78 is 19.9. The highest BCUT2D eigenvalue weighted by molar-refractivity contribution is 7.21. The van der Waals surface area contributed by atoms with Crippen LogP contribution < -0.4 is 10.5 Å². The predicted octanol–water partition coefficient (Wildman–Crippen LogP) is 4.69. The minimum absolute atomic E-state index is 0.212. The van der Waals surface area contributed by atoms with Gasteiger partial charge in [-0.15, -0.1) is 11.3 Å². The summed E-state index contributed by atoms with van der Waals surface area (Å²) in [6, 6.07) is 13.5. The molecule has 0 spiro atoms. The lowest BCUT2D eigenvalue weighted by atomic mass is 10.1. The molecule has 2 atom stereocenters. The van der Waals surface area contributed by atoms with E-state index < -0.39 is 5.82 Å². The van der Waals surface area contributed by atoms with Crippen LogP contribution in [0.4, 0.5) is 10.2 Å². The van der Waals surface area contributed by atoms with Gasteiger partial charge in [0.25, 0.3) is 0 Å². The Morgan fingerprint density at radius 1 is 1.22 bits per heavy atom. The molecule has 0 aliphatic heterocycles. The van der Waals surface area contributed by atoms with Crippen molar-refractivity contribution in [3.8, 4) is 16.3 Å². The Balaban J connectivity index is 1.55. The van der Waals surface area contributed by atoms with Crippen LogP contribution >= 0.6 is 11.3 Å². The van der Waals surface area contributed by atoms with E-state index in [0.717, 1.165) is 27.4 Å². The van der Waals surface area contributed by atoms with Gasteiger partial charge in [0.15, 0.2) is 11.6 Å². The van der Waals surface area contributed by atoms with Crippen molar-refractivity contribution in [2.45, 2.75) is 18.3 Å². The van der Waals surface area contributed by atoms with Gasteiger partial charge < -0.3 is 10.5 Å². The van der Waals surface area contributed by atoms with Crippen molar-refractivity contribution in [1.29, 1.82) is 0 Å². The number of benzene rings is 2. The van der Waals surface area contributed by atoms with Gasteiger partial charge in [-0.05, 0) is 17.9 Å². The third-order valence-corrected chi connectivity index (χ3v) is 6.10. The number of nitrogens with two attached hydrogens (primary N) is 1. The molecule has 1 aliphatic carbocycles. The van der Waals surface area contributed by atoms with E-state index in [1.165, 1.54) is 30.1 Å². The maximum absolute atomic E-state index is 14.0. The number of rotatable bonds is 4. The van der Waals surface area contributed by atoms with Crippen LogP contribution in [0.3, 0.4) is 0 Å². The van der Waals surface area contributed by atoms with Crippen molar-refractivity contribution in [3.05, 3.63) is 59.5 Å². The number of nitrogens with zero attached hydrogens (tertiary/aromatic N) is 2. The number of methoxy groups -OCH3 is 1. The molecule has 2 aromatic heterocycles. The van der Waals surface area contributed by atoms with E-state index in [2.05, 4.69) is 39.4 Å². The number of hydrogen-bond donors (Lipinski definition) is 2. The fourth-order valence-corrected chi connectivity index (χ4v) is 4.67. The summed E-state index contributed by atoms with van der Waals surface area (Å²) in [7, 11) is 1.45. The Bertz CT molecular complexity index is 1140. The van der Waals surface area contributed by atoms with E-state index in [0.29, 0.717) is 23.2 Å². The first kappa shape index (κ1) is 16.3. The molecule has 2 unspecified atom stereocenters. The van der Waals surface area contributed by atoms with E-state index in [1.54, 1.807) is 6.07 Å². The Hall–Kier alpha value is -2.93. The molecule has 0 amide bonds. The molecule has 1 saturated carbocycles. The number of halogens is 1. The monoisotopic (exact) mass is 380 g/mol. The lowest BCUT2D eigenvalue weighted by Gasteiger charge is -2.01. The number of anilines is 1. The Morgan fingerprint density at radius 3 is 2.81 bits per heavy atom. The van der Waals surface area contributed by atoms with Crippen LogP contribution in [0.25, 0.3) is 20.8 Å². The van der Waals surface area contributed by atoms with Gasteiger partial charge in [0.1, 0.15) is 10.8 Å². The summed E-state index contributed by atoms with van der Waals surface area (Å²) in [6.45, 7) is 0. The zero-order valence-corrected chi connectivity index (χ0v) is 15.4. The summed E-state index contributed by atoms with van der Waals surface area (Å²) in [5.41, 5.74) is 9.86. The topological polar surface area (TPSA) is 76.8 Å². The Kier molecular flexibility index (Phi) is 3.65. The molecule has 1 fully saturated rings. The zero-order valence-electron chi connectivity index (χ0n) is 14.6. The molecule has 136 valence electrons. The van der Waals surface area contributed by atoms with Crippen molar-refractivity contribution < 1.29 is 9.13 Å². The SMILES string of the molecule is COc1cc2sc(-c3c(C4CC4c4ccccc4)n[nH]c3N)nc2cc1F. The van der Waals surface area contributed by atoms with Crippen molar-refractivity contribution in [1.82, 2.24) is 15.2 Å². The highest BCUT2D eigenvalue weighted by atomic mass is 32.1. The smallest absolute Gasteiger partial charge is 0.167 e. The quantitative estimate of drug-likeness (QED) is 0.539. The van der Waals surface area contributed by atoms with Crippen molar-refractivity contribution >= 4 is 27.4 Å². The first-order valence-electron chi connectivity index (χ1n) is 8.69. The second-order valence-electron chi connectivity index (χ2n) is 6.73. The number of thiazole rings is 1. The molecule has 0 radical (unpaired) electrons. The van der Waals surface area contributed by atoms with E-state index in [9.17, 15) is 4.39 Å². The highest BCUT2D eigenvalue weighted by Crippen LogP contribution is 2.56. The number of ether oxygens (including phenoxy) is 1. The molecule has 4 aromatic rings. The number of nitrogen functional groups attached to an aromatic ring is 1. The molecule has 1 aliphatic rings. The van der Waals surface area contributed by atoms with Crippen molar-refractivity contribution in [2.75, 3.05) is 12.8 Å². The minimum atomic E-state index is -0.423. The second kappa shape index (κ2) is 6.06. The zero-order chi connectivity index (χ0) is 18.5. The first-order valence-corrected chi connectivity index (χ1v) is 9.50. The average molecular weight is 380 g/mol. The van der Waals surface area contributed by atoms with E-state index in [1.807, 2.05) is 6.07 Å². The summed E-state index contributed by atoms with van der Waals surface area (Å²) in [4.78, 5) is 4.60. The third kappa shape index (κ3) is 2.66. The summed E-state index contributed by atoms with van der Waals surface area (Å²) in [5, 5.41) is 8.12. The van der Waals surface area contributed by atoms with Gasteiger partial charge in [-0.1, -0.05) is 30.3 Å². The molecule has 5 rings (SSSR count). The number of hydrogen-bond acceptors (Lipinski definition) is 5. The predicted molar refractivity (Wildman–Crippen MR) is 105 cm³/mol. The second-order valence-corrected chi connectivity index (χ2v) is 7.76. The van der Waals surface area contributed by atoms with Gasteiger partial charge in [-0.25, -0.2) is 9.37 Å².